The predicted molar refractivity (Wildman–Crippen MR) is 97.2 cm³/mol. The summed E-state index contributed by atoms with van der Waals surface area (Å²) in [4.78, 5) is 24.1. The van der Waals surface area contributed by atoms with E-state index in [9.17, 15) is 9.59 Å². The molecule has 5 aliphatic carbocycles. The van der Waals surface area contributed by atoms with Crippen molar-refractivity contribution in [3.05, 3.63) is 22.8 Å². The van der Waals surface area contributed by atoms with Crippen molar-refractivity contribution in [2.45, 2.75) is 77.2 Å². The summed E-state index contributed by atoms with van der Waals surface area (Å²) >= 11 is 0. The minimum absolute atomic E-state index is 0.0114. The molecule has 138 valence electrons. The van der Waals surface area contributed by atoms with Crippen molar-refractivity contribution in [3.8, 4) is 0 Å². The van der Waals surface area contributed by atoms with Gasteiger partial charge < -0.3 is 4.74 Å². The summed E-state index contributed by atoms with van der Waals surface area (Å²) in [6.45, 7) is 4.82. The number of carbonyl (C=O) groups excluding carboxylic acids is 2. The summed E-state index contributed by atoms with van der Waals surface area (Å²) < 4.78 is 6.03. The molecule has 1 spiro atoms. The van der Waals surface area contributed by atoms with Gasteiger partial charge in [0, 0.05) is 30.1 Å². The standard InChI is InChI=1S/C23H28O3/c1-21-7-3-13(24)11-18(21)14-12-15(14)20-16(21)4-8-22(2)17(20)5-9-23(22)10-6-19(25)26-23/h4,15,17,20H,3,5-12H2,1-2H3/t15?,17?,20?,21?,22?,23-/m1/s1. The molecule has 1 heterocycles. The number of esters is 1. The highest BCUT2D eigenvalue weighted by Gasteiger charge is 2.68. The van der Waals surface area contributed by atoms with Gasteiger partial charge in [-0.3, -0.25) is 9.59 Å². The summed E-state index contributed by atoms with van der Waals surface area (Å²) in [5, 5.41) is 0. The maximum atomic E-state index is 12.1. The smallest absolute Gasteiger partial charge is 0.306 e. The van der Waals surface area contributed by atoms with Crippen LogP contribution >= 0.6 is 0 Å². The zero-order valence-corrected chi connectivity index (χ0v) is 15.9. The monoisotopic (exact) mass is 352 g/mol. The van der Waals surface area contributed by atoms with Crippen LogP contribution in [0.2, 0.25) is 0 Å². The van der Waals surface area contributed by atoms with Gasteiger partial charge in [0.2, 0.25) is 0 Å². The molecular formula is C23H28O3. The second-order valence-corrected chi connectivity index (χ2v) is 10.3. The maximum Gasteiger partial charge on any atom is 0.306 e. The molecule has 0 aromatic rings. The molecule has 3 heteroatoms. The van der Waals surface area contributed by atoms with Crippen LogP contribution in [0.15, 0.2) is 22.8 Å². The first kappa shape index (κ1) is 15.7. The molecule has 0 aromatic heterocycles. The van der Waals surface area contributed by atoms with Gasteiger partial charge in [0.25, 0.3) is 0 Å². The van der Waals surface area contributed by atoms with Crippen molar-refractivity contribution in [1.82, 2.24) is 0 Å². The Bertz CT molecular complexity index is 819. The molecule has 4 fully saturated rings. The first-order chi connectivity index (χ1) is 12.4. The van der Waals surface area contributed by atoms with E-state index in [0.717, 1.165) is 32.1 Å². The van der Waals surface area contributed by atoms with Gasteiger partial charge >= 0.3 is 5.97 Å². The van der Waals surface area contributed by atoms with Crippen LogP contribution in [0.25, 0.3) is 0 Å². The van der Waals surface area contributed by atoms with Crippen LogP contribution in [-0.2, 0) is 14.3 Å². The molecule has 0 aromatic carbocycles. The first-order valence-corrected chi connectivity index (χ1v) is 10.5. The third kappa shape index (κ3) is 1.63. The molecule has 0 N–H and O–H groups in total. The van der Waals surface area contributed by atoms with Crippen LogP contribution in [-0.4, -0.2) is 17.4 Å². The largest absolute Gasteiger partial charge is 0.458 e. The van der Waals surface area contributed by atoms with Crippen molar-refractivity contribution in [2.24, 2.45) is 28.6 Å². The summed E-state index contributed by atoms with van der Waals surface area (Å²) in [6.07, 6.45) is 11.0. The Kier molecular flexibility index (Phi) is 2.73. The van der Waals surface area contributed by atoms with E-state index in [1.807, 2.05) is 0 Å². The Morgan fingerprint density at radius 3 is 2.73 bits per heavy atom. The fourth-order valence-corrected chi connectivity index (χ4v) is 7.89. The molecule has 3 nitrogen and oxygen atoms in total. The zero-order chi connectivity index (χ0) is 17.9. The summed E-state index contributed by atoms with van der Waals surface area (Å²) in [6, 6.07) is 0. The lowest BCUT2D eigenvalue weighted by molar-refractivity contribution is -0.160. The normalized spacial score (nSPS) is 51.5. The minimum Gasteiger partial charge on any atom is -0.458 e. The lowest BCUT2D eigenvalue weighted by atomic mass is 9.51. The molecular weight excluding hydrogens is 324 g/mol. The molecule has 0 bridgehead atoms. The van der Waals surface area contributed by atoms with E-state index in [1.54, 1.807) is 11.1 Å². The Labute approximate surface area is 155 Å². The van der Waals surface area contributed by atoms with Crippen LogP contribution < -0.4 is 0 Å². The molecule has 0 radical (unpaired) electrons. The Morgan fingerprint density at radius 1 is 1.12 bits per heavy atom. The van der Waals surface area contributed by atoms with Gasteiger partial charge in [-0.2, -0.15) is 0 Å². The summed E-state index contributed by atoms with van der Waals surface area (Å²) in [5.74, 6) is 2.38. The Morgan fingerprint density at radius 2 is 1.96 bits per heavy atom. The maximum absolute atomic E-state index is 12.1. The second-order valence-electron chi connectivity index (χ2n) is 10.3. The Balaban J connectivity index is 1.45. The fraction of sp³-hybridized carbons (Fsp3) is 0.739. The number of Topliss-reactive ketones (excluding diaryl/α,β-unsaturated/α-hetero) is 1. The molecule has 26 heavy (non-hydrogen) atoms. The van der Waals surface area contributed by atoms with E-state index >= 15 is 0 Å². The summed E-state index contributed by atoms with van der Waals surface area (Å²) in [7, 11) is 0. The Hall–Kier alpha value is -1.38. The number of rotatable bonds is 0. The van der Waals surface area contributed by atoms with E-state index in [1.165, 1.54) is 18.4 Å². The number of ketones is 1. The van der Waals surface area contributed by atoms with Crippen LogP contribution in [0.1, 0.15) is 71.6 Å². The van der Waals surface area contributed by atoms with Gasteiger partial charge in [-0.25, -0.2) is 0 Å². The highest BCUT2D eigenvalue weighted by atomic mass is 16.6. The molecule has 6 atom stereocenters. The van der Waals surface area contributed by atoms with E-state index in [-0.39, 0.29) is 22.4 Å². The lowest BCUT2D eigenvalue weighted by Crippen LogP contribution is -2.51. The van der Waals surface area contributed by atoms with Crippen LogP contribution in [0.5, 0.6) is 0 Å². The first-order valence-electron chi connectivity index (χ1n) is 10.5. The lowest BCUT2D eigenvalue weighted by Gasteiger charge is -2.54. The quantitative estimate of drug-likeness (QED) is 0.476. The van der Waals surface area contributed by atoms with Crippen LogP contribution in [0.4, 0.5) is 0 Å². The topological polar surface area (TPSA) is 43.4 Å². The number of allylic oxidation sites excluding steroid dienone is 4. The van der Waals surface area contributed by atoms with E-state index in [0.29, 0.717) is 36.4 Å². The van der Waals surface area contributed by atoms with E-state index in [4.69, 9.17) is 4.74 Å². The SMILES string of the molecule is CC12CCC(=O)CC1=C1CC1C1C2=CCC2(C)C1CC[C@@]21CCC(=O)O1. The second kappa shape index (κ2) is 4.54. The van der Waals surface area contributed by atoms with E-state index < -0.39 is 0 Å². The number of ether oxygens (including phenoxy) is 1. The number of fused-ring (bicyclic) bond motifs is 8. The van der Waals surface area contributed by atoms with Crippen molar-refractivity contribution in [1.29, 1.82) is 0 Å². The molecule has 3 saturated carbocycles. The fourth-order valence-electron chi connectivity index (χ4n) is 7.89. The van der Waals surface area contributed by atoms with Crippen LogP contribution in [0.3, 0.4) is 0 Å². The number of hydrogen-bond acceptors (Lipinski definition) is 3. The average Bonchev–Trinajstić information content (AvgIpc) is 3.23. The van der Waals surface area contributed by atoms with Gasteiger partial charge in [-0.05, 0) is 56.3 Å². The highest BCUT2D eigenvalue weighted by Crippen LogP contribution is 2.73. The number of hydrogen-bond donors (Lipinski definition) is 0. The predicted octanol–water partition coefficient (Wildman–Crippen LogP) is 4.51. The summed E-state index contributed by atoms with van der Waals surface area (Å²) in [5.41, 5.74) is 4.78. The molecule has 1 aliphatic heterocycles. The molecule has 0 amide bonds. The van der Waals surface area contributed by atoms with Gasteiger partial charge in [0.15, 0.2) is 0 Å². The molecule has 6 aliphatic rings. The van der Waals surface area contributed by atoms with Crippen molar-refractivity contribution in [3.63, 3.8) is 0 Å². The average molecular weight is 352 g/mol. The van der Waals surface area contributed by atoms with E-state index in [2.05, 4.69) is 19.9 Å². The van der Waals surface area contributed by atoms with Crippen molar-refractivity contribution >= 4 is 11.8 Å². The molecule has 1 saturated heterocycles. The zero-order valence-electron chi connectivity index (χ0n) is 15.9. The third-order valence-corrected chi connectivity index (χ3v) is 9.43. The highest BCUT2D eigenvalue weighted by molar-refractivity contribution is 5.84. The molecule has 5 unspecified atom stereocenters. The van der Waals surface area contributed by atoms with Gasteiger partial charge in [-0.15, -0.1) is 0 Å². The van der Waals surface area contributed by atoms with Crippen molar-refractivity contribution < 1.29 is 14.3 Å². The van der Waals surface area contributed by atoms with Crippen LogP contribution in [0, 0.1) is 28.6 Å². The van der Waals surface area contributed by atoms with Gasteiger partial charge in [0.1, 0.15) is 11.4 Å². The number of carbonyl (C=O) groups is 2. The van der Waals surface area contributed by atoms with Gasteiger partial charge in [0.05, 0.1) is 0 Å². The van der Waals surface area contributed by atoms with Crippen molar-refractivity contribution in [2.75, 3.05) is 0 Å². The minimum atomic E-state index is -0.209. The third-order valence-electron chi connectivity index (χ3n) is 9.43. The van der Waals surface area contributed by atoms with Gasteiger partial charge in [-0.1, -0.05) is 36.6 Å². The molecule has 6 rings (SSSR count).